The average molecular weight is 426 g/mol. The summed E-state index contributed by atoms with van der Waals surface area (Å²) in [4.78, 5) is 32.1. The van der Waals surface area contributed by atoms with E-state index in [9.17, 15) is 9.59 Å². The van der Waals surface area contributed by atoms with Gasteiger partial charge in [-0.2, -0.15) is 0 Å². The molecule has 3 rings (SSSR count). The molecule has 29 heavy (non-hydrogen) atoms. The number of anilines is 2. The molecule has 0 aliphatic rings. The molecule has 0 unspecified atom stereocenters. The molecule has 0 aliphatic heterocycles. The van der Waals surface area contributed by atoms with Crippen LogP contribution in [0.4, 0.5) is 10.8 Å². The van der Waals surface area contributed by atoms with Crippen LogP contribution in [0.1, 0.15) is 18.2 Å². The van der Waals surface area contributed by atoms with Gasteiger partial charge in [0.05, 0.1) is 11.4 Å². The second-order valence-corrected chi connectivity index (χ2v) is 7.67. The molecule has 148 valence electrons. The number of carbonyl (C=O) groups is 2. The van der Waals surface area contributed by atoms with E-state index in [1.165, 1.54) is 24.3 Å². The number of likely N-dealkylation sites (N-methyl/N-ethyl adjacent to an activating group) is 1. The molecule has 1 heterocycles. The highest BCUT2D eigenvalue weighted by Gasteiger charge is 2.17. The number of aromatic nitrogens is 1. The smallest absolute Gasteiger partial charge is 0.246 e. The Morgan fingerprint density at radius 2 is 1.79 bits per heavy atom. The third kappa shape index (κ3) is 5.53. The molecular weight excluding hydrogens is 406 g/mol. The van der Waals surface area contributed by atoms with Gasteiger partial charge < -0.3 is 4.90 Å². The van der Waals surface area contributed by atoms with Crippen LogP contribution in [0.3, 0.4) is 0 Å². The van der Waals surface area contributed by atoms with E-state index in [-0.39, 0.29) is 11.8 Å². The second-order valence-electron chi connectivity index (χ2n) is 6.40. The van der Waals surface area contributed by atoms with E-state index < -0.39 is 0 Å². The normalized spacial score (nSPS) is 10.9. The lowest BCUT2D eigenvalue weighted by molar-refractivity contribution is -0.125. The van der Waals surface area contributed by atoms with E-state index in [0.29, 0.717) is 22.4 Å². The van der Waals surface area contributed by atoms with Crippen LogP contribution in [0.15, 0.2) is 66.1 Å². The number of nitrogens with zero attached hydrogens (tertiary/aromatic N) is 3. The Morgan fingerprint density at radius 3 is 2.45 bits per heavy atom. The van der Waals surface area contributed by atoms with E-state index in [4.69, 9.17) is 11.6 Å². The van der Waals surface area contributed by atoms with E-state index in [0.717, 1.165) is 11.3 Å². The Kier molecular flexibility index (Phi) is 6.80. The van der Waals surface area contributed by atoms with Gasteiger partial charge in [0.25, 0.3) is 0 Å². The molecule has 0 saturated heterocycles. The largest absolute Gasteiger partial charge is 0.338 e. The van der Waals surface area contributed by atoms with E-state index >= 15 is 0 Å². The van der Waals surface area contributed by atoms with Crippen molar-refractivity contribution < 1.29 is 9.59 Å². The fourth-order valence-electron chi connectivity index (χ4n) is 2.68. The first-order valence-electron chi connectivity index (χ1n) is 8.93. The average Bonchev–Trinajstić information content (AvgIpc) is 3.17. The van der Waals surface area contributed by atoms with Crippen LogP contribution in [0.2, 0.25) is 5.02 Å². The Labute approximate surface area is 178 Å². The van der Waals surface area contributed by atoms with E-state index in [2.05, 4.69) is 4.98 Å². The molecule has 2 aromatic carbocycles. The number of amides is 2. The molecule has 0 atom stereocenters. The van der Waals surface area contributed by atoms with Crippen LogP contribution in [-0.2, 0) is 16.1 Å². The SMILES string of the molecule is CC(=O)N(c1ccccc1)c1nc(/C=C/C(=O)N(C)Cc2ccc(Cl)cc2)cs1. The zero-order valence-electron chi connectivity index (χ0n) is 16.1. The summed E-state index contributed by atoms with van der Waals surface area (Å²) >= 11 is 7.24. The quantitative estimate of drug-likeness (QED) is 0.513. The maximum atomic E-state index is 12.4. The van der Waals surface area contributed by atoms with Crippen molar-refractivity contribution in [1.29, 1.82) is 0 Å². The molecule has 0 N–H and O–H groups in total. The topological polar surface area (TPSA) is 53.5 Å². The lowest BCUT2D eigenvalue weighted by Crippen LogP contribution is -2.24. The molecule has 1 aromatic heterocycles. The third-order valence-corrected chi connectivity index (χ3v) is 5.23. The van der Waals surface area contributed by atoms with Crippen molar-refractivity contribution in [2.45, 2.75) is 13.5 Å². The van der Waals surface area contributed by atoms with Crippen LogP contribution < -0.4 is 4.90 Å². The van der Waals surface area contributed by atoms with Gasteiger partial charge in [-0.05, 0) is 35.9 Å². The standard InChI is InChI=1S/C22H20ClN3O2S/c1-16(27)26(20-6-4-3-5-7-20)22-24-19(15-29-22)12-13-21(28)25(2)14-17-8-10-18(23)11-9-17/h3-13,15H,14H2,1-2H3/b13-12+. The summed E-state index contributed by atoms with van der Waals surface area (Å²) in [6.45, 7) is 1.98. The summed E-state index contributed by atoms with van der Waals surface area (Å²) in [5.41, 5.74) is 2.37. The van der Waals surface area contributed by atoms with Crippen molar-refractivity contribution in [2.24, 2.45) is 0 Å². The third-order valence-electron chi connectivity index (χ3n) is 4.14. The van der Waals surface area contributed by atoms with Gasteiger partial charge in [-0.15, -0.1) is 11.3 Å². The molecule has 0 aliphatic carbocycles. The minimum atomic E-state index is -0.138. The highest BCUT2D eigenvalue weighted by Crippen LogP contribution is 2.29. The summed E-state index contributed by atoms with van der Waals surface area (Å²) in [5, 5.41) is 3.04. The van der Waals surface area contributed by atoms with Gasteiger partial charge in [0.15, 0.2) is 5.13 Å². The lowest BCUT2D eigenvalue weighted by atomic mass is 10.2. The zero-order chi connectivity index (χ0) is 20.8. The maximum absolute atomic E-state index is 12.4. The highest BCUT2D eigenvalue weighted by molar-refractivity contribution is 7.14. The van der Waals surface area contributed by atoms with E-state index in [1.807, 2.05) is 47.8 Å². The van der Waals surface area contributed by atoms with Crippen molar-refractivity contribution in [1.82, 2.24) is 9.88 Å². The second kappa shape index (κ2) is 9.49. The fraction of sp³-hybridized carbons (Fsp3) is 0.136. The first-order chi connectivity index (χ1) is 13.9. The van der Waals surface area contributed by atoms with Crippen molar-refractivity contribution >= 4 is 51.6 Å². The molecule has 0 radical (unpaired) electrons. The predicted molar refractivity (Wildman–Crippen MR) is 118 cm³/mol. The summed E-state index contributed by atoms with van der Waals surface area (Å²) in [7, 11) is 1.74. The number of carbonyl (C=O) groups excluding carboxylic acids is 2. The van der Waals surface area contributed by atoms with Gasteiger partial charge in [-0.25, -0.2) is 4.98 Å². The van der Waals surface area contributed by atoms with Crippen molar-refractivity contribution in [2.75, 3.05) is 11.9 Å². The summed E-state index contributed by atoms with van der Waals surface area (Å²) in [5.74, 6) is -0.263. The molecule has 0 fully saturated rings. The Morgan fingerprint density at radius 1 is 1.10 bits per heavy atom. The molecule has 2 amide bonds. The van der Waals surface area contributed by atoms with Gasteiger partial charge in [-0.1, -0.05) is 41.9 Å². The van der Waals surface area contributed by atoms with Crippen LogP contribution in [-0.4, -0.2) is 28.7 Å². The monoisotopic (exact) mass is 425 g/mol. The first-order valence-corrected chi connectivity index (χ1v) is 10.2. The molecule has 7 heteroatoms. The summed E-state index contributed by atoms with van der Waals surface area (Å²) < 4.78 is 0. The first kappa shape index (κ1) is 20.8. The summed E-state index contributed by atoms with van der Waals surface area (Å²) in [6, 6.07) is 16.7. The Hall–Kier alpha value is -2.96. The van der Waals surface area contributed by atoms with E-state index in [1.54, 1.807) is 35.1 Å². The highest BCUT2D eigenvalue weighted by atomic mass is 35.5. The van der Waals surface area contributed by atoms with Crippen LogP contribution in [0, 0.1) is 0 Å². The van der Waals surface area contributed by atoms with Crippen molar-refractivity contribution in [3.63, 3.8) is 0 Å². The van der Waals surface area contributed by atoms with Crippen LogP contribution in [0.5, 0.6) is 0 Å². The van der Waals surface area contributed by atoms with Crippen molar-refractivity contribution in [3.05, 3.63) is 82.3 Å². The minimum absolute atomic E-state index is 0.125. The number of para-hydroxylation sites is 1. The van der Waals surface area contributed by atoms with Gasteiger partial charge in [0.1, 0.15) is 0 Å². The Balaban J connectivity index is 1.68. The fourth-order valence-corrected chi connectivity index (χ4v) is 3.67. The number of hydrogen-bond acceptors (Lipinski definition) is 4. The van der Waals surface area contributed by atoms with Crippen LogP contribution in [0.25, 0.3) is 6.08 Å². The zero-order valence-corrected chi connectivity index (χ0v) is 17.7. The number of benzene rings is 2. The van der Waals surface area contributed by atoms with Gasteiger partial charge in [0.2, 0.25) is 11.8 Å². The molecule has 5 nitrogen and oxygen atoms in total. The molecule has 0 spiro atoms. The number of halogens is 1. The van der Waals surface area contributed by atoms with Gasteiger partial charge in [-0.3, -0.25) is 14.5 Å². The summed E-state index contributed by atoms with van der Waals surface area (Å²) in [6.07, 6.45) is 3.14. The number of rotatable bonds is 6. The number of thiazole rings is 1. The van der Waals surface area contributed by atoms with Crippen LogP contribution >= 0.6 is 22.9 Å². The molecule has 0 saturated carbocycles. The number of hydrogen-bond donors (Lipinski definition) is 0. The Bertz CT molecular complexity index is 1020. The molecule has 0 bridgehead atoms. The minimum Gasteiger partial charge on any atom is -0.338 e. The predicted octanol–water partition coefficient (Wildman–Crippen LogP) is 5.15. The maximum Gasteiger partial charge on any atom is 0.246 e. The molecule has 3 aromatic rings. The van der Waals surface area contributed by atoms with Gasteiger partial charge in [0, 0.05) is 37.0 Å². The molecular formula is C22H20ClN3O2S. The van der Waals surface area contributed by atoms with Gasteiger partial charge >= 0.3 is 0 Å². The van der Waals surface area contributed by atoms with Crippen molar-refractivity contribution in [3.8, 4) is 0 Å². The lowest BCUT2D eigenvalue weighted by Gasteiger charge is -2.17.